The van der Waals surface area contributed by atoms with Crippen LogP contribution in [0.4, 0.5) is 0 Å². The Morgan fingerprint density at radius 2 is 1.70 bits per heavy atom. The van der Waals surface area contributed by atoms with Crippen molar-refractivity contribution >= 4 is 17.4 Å². The molecular weight excluding hydrogens is 312 g/mol. The van der Waals surface area contributed by atoms with Gasteiger partial charge in [0.05, 0.1) is 16.7 Å². The van der Waals surface area contributed by atoms with Crippen molar-refractivity contribution in [1.29, 1.82) is 0 Å². The third-order valence-electron chi connectivity index (χ3n) is 3.57. The van der Waals surface area contributed by atoms with Gasteiger partial charge in [-0.05, 0) is 23.1 Å². The van der Waals surface area contributed by atoms with Crippen molar-refractivity contribution in [2.75, 3.05) is 6.54 Å². The number of rotatable bonds is 4. The topological polar surface area (TPSA) is 69.6 Å². The Balaban J connectivity index is 0.000000433. The lowest BCUT2D eigenvalue weighted by atomic mass is 10.0. The summed E-state index contributed by atoms with van der Waals surface area (Å²) in [5.74, 6) is 0.614. The lowest BCUT2D eigenvalue weighted by Crippen LogP contribution is -2.32. The van der Waals surface area contributed by atoms with Gasteiger partial charge in [-0.3, -0.25) is 10.0 Å². The lowest BCUT2D eigenvalue weighted by molar-refractivity contribution is -0.116. The summed E-state index contributed by atoms with van der Waals surface area (Å²) < 4.78 is 14.5. The van der Waals surface area contributed by atoms with Crippen molar-refractivity contribution in [3.63, 3.8) is 0 Å². The summed E-state index contributed by atoms with van der Waals surface area (Å²) in [6.07, 6.45) is 1.18. The average Bonchev–Trinajstić information content (AvgIpc) is 2.62. The third kappa shape index (κ3) is 5.28. The molecule has 0 bridgehead atoms. The van der Waals surface area contributed by atoms with Gasteiger partial charge in [0.2, 0.25) is 6.41 Å². The van der Waals surface area contributed by atoms with E-state index < -0.39 is 11.0 Å². The Bertz CT molecular complexity index is 649. The van der Waals surface area contributed by atoms with Crippen LogP contribution < -0.4 is 5.48 Å². The lowest BCUT2D eigenvalue weighted by Gasteiger charge is -2.27. The maximum absolute atomic E-state index is 12.4. The van der Waals surface area contributed by atoms with Crippen LogP contribution in [0.1, 0.15) is 16.7 Å². The fourth-order valence-corrected chi connectivity index (χ4v) is 3.69. The first-order chi connectivity index (χ1) is 11.2. The molecule has 6 heteroatoms. The van der Waals surface area contributed by atoms with Gasteiger partial charge < -0.3 is 0 Å². The molecule has 2 aromatic rings. The molecular formula is C17H20N2O3S. The highest BCUT2D eigenvalue weighted by Gasteiger charge is 2.20. The second kappa shape index (κ2) is 9.19. The molecule has 2 aromatic carbocycles. The van der Waals surface area contributed by atoms with Gasteiger partial charge in [0.15, 0.2) is 0 Å². The van der Waals surface area contributed by atoms with E-state index in [1.165, 1.54) is 16.6 Å². The number of hydrogen-bond acceptors (Lipinski definition) is 3. The molecule has 0 aromatic heterocycles. The summed E-state index contributed by atoms with van der Waals surface area (Å²) in [6, 6.07) is 18.5. The van der Waals surface area contributed by atoms with Crippen molar-refractivity contribution in [2.45, 2.75) is 18.7 Å². The van der Waals surface area contributed by atoms with Gasteiger partial charge in [-0.2, -0.15) is 0 Å². The highest BCUT2D eigenvalue weighted by Crippen LogP contribution is 2.20. The van der Waals surface area contributed by atoms with E-state index in [2.05, 4.69) is 28.6 Å². The molecule has 122 valence electrons. The second-order valence-electron chi connectivity index (χ2n) is 5.08. The number of nitrogens with one attached hydrogen (secondary N) is 1. The standard InChI is InChI=1S/C16H17NOS.CH3NO2/c18-19(13-14-6-2-1-3-7-14)17-11-10-15-8-4-5-9-16(15)12-17;3-1-2-4/h1-9H,10-13H2;1,4H,(H,2,3). The van der Waals surface area contributed by atoms with Crippen LogP contribution in [0.2, 0.25) is 0 Å². The van der Waals surface area contributed by atoms with E-state index in [1.54, 1.807) is 0 Å². The molecule has 1 aliphatic heterocycles. The van der Waals surface area contributed by atoms with Gasteiger partial charge in [-0.15, -0.1) is 0 Å². The van der Waals surface area contributed by atoms with E-state index in [9.17, 15) is 4.21 Å². The summed E-state index contributed by atoms with van der Waals surface area (Å²) in [6.45, 7) is 1.69. The number of carbonyl (C=O) groups is 1. The first-order valence-corrected chi connectivity index (χ1v) is 8.59. The van der Waals surface area contributed by atoms with E-state index in [0.29, 0.717) is 5.75 Å². The highest BCUT2D eigenvalue weighted by atomic mass is 32.2. The Morgan fingerprint density at radius 1 is 1.09 bits per heavy atom. The summed E-state index contributed by atoms with van der Waals surface area (Å²) in [4.78, 5) is 8.81. The number of nitrogens with zero attached hydrogens (tertiary/aromatic N) is 1. The van der Waals surface area contributed by atoms with Crippen LogP contribution in [0.25, 0.3) is 0 Å². The molecule has 1 atom stereocenters. The molecule has 1 heterocycles. The van der Waals surface area contributed by atoms with Crippen LogP contribution in [0.5, 0.6) is 0 Å². The fraction of sp³-hybridized carbons (Fsp3) is 0.235. The number of hydrogen-bond donors (Lipinski definition) is 2. The maximum atomic E-state index is 12.4. The van der Waals surface area contributed by atoms with E-state index in [1.807, 2.05) is 30.3 Å². The molecule has 0 aliphatic carbocycles. The highest BCUT2D eigenvalue weighted by molar-refractivity contribution is 7.81. The first kappa shape index (κ1) is 17.3. The Hall–Kier alpha value is -2.02. The Kier molecular flexibility index (Phi) is 6.93. The van der Waals surface area contributed by atoms with Crippen LogP contribution in [0.3, 0.4) is 0 Å². The predicted octanol–water partition coefficient (Wildman–Crippen LogP) is 2.03. The minimum absolute atomic E-state index is 0.181. The predicted molar refractivity (Wildman–Crippen MR) is 89.8 cm³/mol. The molecule has 2 N–H and O–H groups in total. The minimum atomic E-state index is -0.931. The average molecular weight is 332 g/mol. The number of hydroxylamine groups is 1. The number of amides is 1. The number of benzene rings is 2. The molecule has 3 rings (SSSR count). The number of fused-ring (bicyclic) bond motifs is 1. The smallest absolute Gasteiger partial charge is 0.230 e. The molecule has 1 amide bonds. The van der Waals surface area contributed by atoms with Crippen LogP contribution in [-0.4, -0.2) is 26.7 Å². The Labute approximate surface area is 138 Å². The van der Waals surface area contributed by atoms with E-state index in [-0.39, 0.29) is 6.41 Å². The van der Waals surface area contributed by atoms with Crippen molar-refractivity contribution < 1.29 is 14.2 Å². The van der Waals surface area contributed by atoms with E-state index >= 15 is 0 Å². The van der Waals surface area contributed by atoms with Gasteiger partial charge in [0, 0.05) is 13.1 Å². The first-order valence-electron chi connectivity index (χ1n) is 7.32. The van der Waals surface area contributed by atoms with E-state index in [4.69, 9.17) is 10.0 Å². The summed E-state index contributed by atoms with van der Waals surface area (Å²) in [7, 11) is -0.931. The van der Waals surface area contributed by atoms with Gasteiger partial charge >= 0.3 is 0 Å². The third-order valence-corrected chi connectivity index (χ3v) is 5.04. The summed E-state index contributed by atoms with van der Waals surface area (Å²) in [5, 5.41) is 7.26. The minimum Gasteiger partial charge on any atom is -0.289 e. The number of carbonyl (C=O) groups excluding carboxylic acids is 1. The molecule has 1 unspecified atom stereocenters. The maximum Gasteiger partial charge on any atom is 0.230 e. The van der Waals surface area contributed by atoms with Gasteiger partial charge in [0.1, 0.15) is 0 Å². The summed E-state index contributed by atoms with van der Waals surface area (Å²) >= 11 is 0. The fourth-order valence-electron chi connectivity index (χ4n) is 2.45. The zero-order valence-electron chi connectivity index (χ0n) is 12.7. The van der Waals surface area contributed by atoms with Crippen molar-refractivity contribution in [2.24, 2.45) is 0 Å². The van der Waals surface area contributed by atoms with Crippen LogP contribution in [-0.2, 0) is 34.5 Å². The Morgan fingerprint density at radius 3 is 2.35 bits per heavy atom. The van der Waals surface area contributed by atoms with E-state index in [0.717, 1.165) is 25.1 Å². The molecule has 0 fully saturated rings. The van der Waals surface area contributed by atoms with Crippen molar-refractivity contribution in [3.05, 3.63) is 71.3 Å². The molecule has 5 nitrogen and oxygen atoms in total. The SMILES string of the molecule is O=CNO.O=S(Cc1ccccc1)N1CCc2ccccc2C1. The summed E-state index contributed by atoms with van der Waals surface area (Å²) in [5.41, 5.74) is 5.10. The van der Waals surface area contributed by atoms with Gasteiger partial charge in [-0.1, -0.05) is 54.6 Å². The van der Waals surface area contributed by atoms with Gasteiger partial charge in [-0.25, -0.2) is 14.0 Å². The molecule has 0 spiro atoms. The van der Waals surface area contributed by atoms with Gasteiger partial charge in [0.25, 0.3) is 0 Å². The molecule has 0 saturated heterocycles. The van der Waals surface area contributed by atoms with Crippen LogP contribution >= 0.6 is 0 Å². The van der Waals surface area contributed by atoms with Crippen LogP contribution in [0.15, 0.2) is 54.6 Å². The monoisotopic (exact) mass is 332 g/mol. The normalized spacial score (nSPS) is 14.8. The van der Waals surface area contributed by atoms with Crippen molar-refractivity contribution in [3.8, 4) is 0 Å². The quantitative estimate of drug-likeness (QED) is 0.511. The molecule has 23 heavy (non-hydrogen) atoms. The largest absolute Gasteiger partial charge is 0.289 e. The molecule has 1 aliphatic rings. The molecule has 0 radical (unpaired) electrons. The molecule has 0 saturated carbocycles. The zero-order chi connectivity index (χ0) is 16.5. The van der Waals surface area contributed by atoms with Crippen molar-refractivity contribution in [1.82, 2.24) is 9.79 Å². The van der Waals surface area contributed by atoms with Crippen LogP contribution in [0, 0.1) is 0 Å². The second-order valence-corrected chi connectivity index (χ2v) is 6.53. The zero-order valence-corrected chi connectivity index (χ0v) is 13.5.